The van der Waals surface area contributed by atoms with Gasteiger partial charge in [-0.05, 0) is 48.7 Å². The Morgan fingerprint density at radius 1 is 1.20 bits per heavy atom. The number of hydrogen-bond acceptors (Lipinski definition) is 1. The summed E-state index contributed by atoms with van der Waals surface area (Å²) in [5.74, 6) is -0.304. The van der Waals surface area contributed by atoms with Crippen LogP contribution in [-0.4, -0.2) is 6.04 Å². The van der Waals surface area contributed by atoms with Crippen LogP contribution in [0.15, 0.2) is 46.9 Å². The minimum Gasteiger partial charge on any atom is -0.310 e. The monoisotopic (exact) mass is 355 g/mol. The van der Waals surface area contributed by atoms with E-state index in [0.717, 1.165) is 16.5 Å². The molecule has 0 fully saturated rings. The fourth-order valence-corrected chi connectivity index (χ4v) is 2.49. The molecule has 0 aliphatic rings. The molecule has 2 aromatic rings. The summed E-state index contributed by atoms with van der Waals surface area (Å²) in [6.07, 6.45) is 0.937. The van der Waals surface area contributed by atoms with Gasteiger partial charge in [-0.25, -0.2) is 4.39 Å². The predicted octanol–water partition coefficient (Wildman–Crippen LogP) is 4.96. The first-order valence-corrected chi connectivity index (χ1v) is 7.63. The minimum absolute atomic E-state index is 0.304. The van der Waals surface area contributed by atoms with Gasteiger partial charge >= 0.3 is 0 Å². The average molecular weight is 357 g/mol. The average Bonchev–Trinajstić information content (AvgIpc) is 2.40. The Hall–Kier alpha value is -0.900. The van der Waals surface area contributed by atoms with Gasteiger partial charge in [0.25, 0.3) is 0 Å². The number of rotatable bonds is 5. The molecule has 0 bridgehead atoms. The Morgan fingerprint density at radius 2 is 1.90 bits per heavy atom. The van der Waals surface area contributed by atoms with Crippen molar-refractivity contribution in [2.75, 3.05) is 0 Å². The third-order valence-corrected chi connectivity index (χ3v) is 3.99. The second kappa shape index (κ2) is 7.21. The Labute approximate surface area is 132 Å². The van der Waals surface area contributed by atoms with Gasteiger partial charge < -0.3 is 5.32 Å². The van der Waals surface area contributed by atoms with Gasteiger partial charge in [0.1, 0.15) is 5.82 Å². The highest BCUT2D eigenvalue weighted by molar-refractivity contribution is 9.10. The SMILES string of the molecule is CC(Cc1ccc(Br)cc1)NCc1ccc(F)cc1Cl. The molecule has 106 valence electrons. The van der Waals surface area contributed by atoms with E-state index in [1.165, 1.54) is 17.7 Å². The summed E-state index contributed by atoms with van der Waals surface area (Å²) in [5.41, 5.74) is 2.19. The maximum atomic E-state index is 13.0. The second-order valence-electron chi connectivity index (χ2n) is 4.85. The molecule has 0 saturated heterocycles. The highest BCUT2D eigenvalue weighted by Crippen LogP contribution is 2.17. The summed E-state index contributed by atoms with van der Waals surface area (Å²) in [5, 5.41) is 3.87. The van der Waals surface area contributed by atoms with E-state index in [2.05, 4.69) is 40.3 Å². The van der Waals surface area contributed by atoms with E-state index < -0.39 is 0 Å². The summed E-state index contributed by atoms with van der Waals surface area (Å²) < 4.78 is 14.0. The zero-order valence-electron chi connectivity index (χ0n) is 11.2. The lowest BCUT2D eigenvalue weighted by Gasteiger charge is -2.14. The Balaban J connectivity index is 1.88. The number of halogens is 3. The van der Waals surface area contributed by atoms with Crippen molar-refractivity contribution < 1.29 is 4.39 Å². The van der Waals surface area contributed by atoms with Crippen LogP contribution in [0.3, 0.4) is 0 Å². The topological polar surface area (TPSA) is 12.0 Å². The van der Waals surface area contributed by atoms with Crippen LogP contribution >= 0.6 is 27.5 Å². The van der Waals surface area contributed by atoms with E-state index in [1.54, 1.807) is 6.07 Å². The molecule has 20 heavy (non-hydrogen) atoms. The molecular weight excluding hydrogens is 341 g/mol. The standard InChI is InChI=1S/C16H16BrClFN/c1-11(8-12-2-5-14(17)6-3-12)20-10-13-4-7-15(19)9-16(13)18/h2-7,9,11,20H,8,10H2,1H3. The molecule has 0 aliphatic heterocycles. The highest BCUT2D eigenvalue weighted by Gasteiger charge is 2.06. The molecule has 0 amide bonds. The molecule has 0 aromatic heterocycles. The molecular formula is C16H16BrClFN. The summed E-state index contributed by atoms with van der Waals surface area (Å²) in [7, 11) is 0. The van der Waals surface area contributed by atoms with Crippen molar-refractivity contribution >= 4 is 27.5 Å². The van der Waals surface area contributed by atoms with E-state index in [0.29, 0.717) is 17.6 Å². The second-order valence-corrected chi connectivity index (χ2v) is 6.17. The van der Waals surface area contributed by atoms with E-state index in [4.69, 9.17) is 11.6 Å². The molecule has 1 atom stereocenters. The van der Waals surface area contributed by atoms with E-state index in [9.17, 15) is 4.39 Å². The van der Waals surface area contributed by atoms with Gasteiger partial charge in [0.15, 0.2) is 0 Å². The fraction of sp³-hybridized carbons (Fsp3) is 0.250. The van der Waals surface area contributed by atoms with Gasteiger partial charge in [0.2, 0.25) is 0 Å². The van der Waals surface area contributed by atoms with Gasteiger partial charge in [-0.15, -0.1) is 0 Å². The van der Waals surface area contributed by atoms with Gasteiger partial charge in [-0.3, -0.25) is 0 Å². The summed E-state index contributed by atoms with van der Waals surface area (Å²) >= 11 is 9.43. The summed E-state index contributed by atoms with van der Waals surface area (Å²) in [6.45, 7) is 2.76. The molecule has 1 N–H and O–H groups in total. The van der Waals surface area contributed by atoms with Crippen molar-refractivity contribution in [1.29, 1.82) is 0 Å². The van der Waals surface area contributed by atoms with E-state index >= 15 is 0 Å². The maximum Gasteiger partial charge on any atom is 0.124 e. The van der Waals surface area contributed by atoms with Crippen molar-refractivity contribution in [1.82, 2.24) is 5.32 Å². The predicted molar refractivity (Wildman–Crippen MR) is 85.6 cm³/mol. The van der Waals surface area contributed by atoms with Crippen molar-refractivity contribution in [2.24, 2.45) is 0 Å². The molecule has 0 heterocycles. The van der Waals surface area contributed by atoms with Crippen LogP contribution in [0.2, 0.25) is 5.02 Å². The fourth-order valence-electron chi connectivity index (χ4n) is 2.00. The van der Waals surface area contributed by atoms with Crippen molar-refractivity contribution in [3.63, 3.8) is 0 Å². The van der Waals surface area contributed by atoms with E-state index in [-0.39, 0.29) is 5.82 Å². The number of nitrogens with one attached hydrogen (secondary N) is 1. The summed E-state index contributed by atoms with van der Waals surface area (Å²) in [4.78, 5) is 0. The Morgan fingerprint density at radius 3 is 2.55 bits per heavy atom. The molecule has 0 spiro atoms. The molecule has 0 radical (unpaired) electrons. The summed E-state index contributed by atoms with van der Waals surface area (Å²) in [6, 6.07) is 13.1. The van der Waals surface area contributed by atoms with Gasteiger partial charge in [-0.1, -0.05) is 45.7 Å². The first-order valence-electron chi connectivity index (χ1n) is 6.46. The van der Waals surface area contributed by atoms with Crippen LogP contribution in [0.5, 0.6) is 0 Å². The zero-order valence-corrected chi connectivity index (χ0v) is 13.5. The molecule has 1 nitrogen and oxygen atoms in total. The molecule has 0 saturated carbocycles. The van der Waals surface area contributed by atoms with Crippen LogP contribution in [0.1, 0.15) is 18.1 Å². The highest BCUT2D eigenvalue weighted by atomic mass is 79.9. The lowest BCUT2D eigenvalue weighted by atomic mass is 10.1. The van der Waals surface area contributed by atoms with Gasteiger partial charge in [0, 0.05) is 22.1 Å². The minimum atomic E-state index is -0.304. The molecule has 4 heteroatoms. The van der Waals surface area contributed by atoms with Crippen molar-refractivity contribution in [3.05, 3.63) is 68.9 Å². The molecule has 1 unspecified atom stereocenters. The third-order valence-electron chi connectivity index (χ3n) is 3.11. The number of benzene rings is 2. The van der Waals surface area contributed by atoms with Crippen LogP contribution < -0.4 is 5.32 Å². The van der Waals surface area contributed by atoms with Crippen molar-refractivity contribution in [2.45, 2.75) is 25.9 Å². The van der Waals surface area contributed by atoms with Crippen LogP contribution in [-0.2, 0) is 13.0 Å². The Kier molecular flexibility index (Phi) is 5.58. The van der Waals surface area contributed by atoms with Crippen LogP contribution in [0, 0.1) is 5.82 Å². The molecule has 0 aliphatic carbocycles. The quantitative estimate of drug-likeness (QED) is 0.798. The van der Waals surface area contributed by atoms with Crippen molar-refractivity contribution in [3.8, 4) is 0 Å². The molecule has 2 rings (SSSR count). The van der Waals surface area contributed by atoms with Gasteiger partial charge in [0.05, 0.1) is 0 Å². The lowest BCUT2D eigenvalue weighted by molar-refractivity contribution is 0.544. The normalized spacial score (nSPS) is 12.4. The first kappa shape index (κ1) is 15.5. The maximum absolute atomic E-state index is 13.0. The smallest absolute Gasteiger partial charge is 0.124 e. The Bertz CT molecular complexity index is 571. The molecule has 2 aromatic carbocycles. The van der Waals surface area contributed by atoms with Gasteiger partial charge in [-0.2, -0.15) is 0 Å². The largest absolute Gasteiger partial charge is 0.310 e. The van der Waals surface area contributed by atoms with Crippen LogP contribution in [0.25, 0.3) is 0 Å². The zero-order chi connectivity index (χ0) is 14.5. The number of hydrogen-bond donors (Lipinski definition) is 1. The lowest BCUT2D eigenvalue weighted by Crippen LogP contribution is -2.27. The first-order chi connectivity index (χ1) is 9.54. The van der Waals surface area contributed by atoms with E-state index in [1.807, 2.05) is 12.1 Å². The third kappa shape index (κ3) is 4.58. The van der Waals surface area contributed by atoms with Crippen LogP contribution in [0.4, 0.5) is 4.39 Å².